The number of carbonyl (C=O) groups excluding carboxylic acids is 1. The fourth-order valence-corrected chi connectivity index (χ4v) is 3.06. The molecule has 0 saturated carbocycles. The van der Waals surface area contributed by atoms with E-state index in [1.165, 1.54) is 5.01 Å². The van der Waals surface area contributed by atoms with Gasteiger partial charge in [-0.15, -0.1) is 0 Å². The minimum atomic E-state index is -0.277. The van der Waals surface area contributed by atoms with E-state index in [0.717, 1.165) is 5.56 Å². The van der Waals surface area contributed by atoms with Gasteiger partial charge in [0.15, 0.2) is 0 Å². The molecule has 2 aromatic rings. The maximum atomic E-state index is 12.5. The molecule has 1 atom stereocenters. The van der Waals surface area contributed by atoms with Gasteiger partial charge in [-0.3, -0.25) is 4.79 Å². The van der Waals surface area contributed by atoms with Crippen LogP contribution in [0.5, 0.6) is 17.2 Å². The van der Waals surface area contributed by atoms with Crippen LogP contribution in [0.3, 0.4) is 0 Å². The highest BCUT2D eigenvalue weighted by molar-refractivity contribution is 6.05. The zero-order chi connectivity index (χ0) is 18.7. The molecule has 6 heteroatoms. The number of rotatable bonds is 5. The number of nitrogens with zero attached hydrogens (tertiary/aromatic N) is 2. The molecule has 0 aliphatic carbocycles. The standard InChI is InChI=1S/C20H22N2O4/c1-4-20(24)22-18(13-9-14(25-2)11-15(10-13)26-3)12-17(21-22)16-7-5-6-8-19(16)23/h5-11,18,23H,4,12H2,1-3H3/t18-/m0/s1. The Morgan fingerprint density at radius 1 is 1.19 bits per heavy atom. The van der Waals surface area contributed by atoms with Crippen molar-refractivity contribution < 1.29 is 19.4 Å². The molecule has 1 heterocycles. The van der Waals surface area contributed by atoms with Gasteiger partial charge in [-0.25, -0.2) is 5.01 Å². The molecular formula is C20H22N2O4. The normalized spacial score (nSPS) is 16.3. The molecule has 6 nitrogen and oxygen atoms in total. The molecule has 1 aliphatic rings. The SMILES string of the molecule is CCC(=O)N1N=C(c2ccccc2O)C[C@H]1c1cc(OC)cc(OC)c1. The van der Waals surface area contributed by atoms with Gasteiger partial charge in [0.1, 0.15) is 17.2 Å². The second-order valence-corrected chi connectivity index (χ2v) is 6.02. The van der Waals surface area contributed by atoms with E-state index in [0.29, 0.717) is 35.6 Å². The highest BCUT2D eigenvalue weighted by Gasteiger charge is 2.33. The number of para-hydroxylation sites is 1. The molecule has 0 fully saturated rings. The molecule has 0 aromatic heterocycles. The monoisotopic (exact) mass is 354 g/mol. The molecule has 3 rings (SSSR count). The van der Waals surface area contributed by atoms with Crippen LogP contribution in [0.1, 0.15) is 36.9 Å². The van der Waals surface area contributed by atoms with E-state index in [9.17, 15) is 9.90 Å². The lowest BCUT2D eigenvalue weighted by molar-refractivity contribution is -0.132. The number of hydrazone groups is 1. The Bertz CT molecular complexity index is 825. The summed E-state index contributed by atoms with van der Waals surface area (Å²) in [6.07, 6.45) is 0.842. The number of phenols is 1. The van der Waals surface area contributed by atoms with Crippen LogP contribution in [-0.4, -0.2) is 36.0 Å². The van der Waals surface area contributed by atoms with Crippen molar-refractivity contribution in [3.63, 3.8) is 0 Å². The molecule has 1 aliphatic heterocycles. The van der Waals surface area contributed by atoms with Crippen molar-refractivity contribution in [3.05, 3.63) is 53.6 Å². The number of carbonyl (C=O) groups is 1. The van der Waals surface area contributed by atoms with E-state index in [1.54, 1.807) is 45.4 Å². The average molecular weight is 354 g/mol. The summed E-state index contributed by atoms with van der Waals surface area (Å²) < 4.78 is 10.7. The van der Waals surface area contributed by atoms with Crippen LogP contribution in [-0.2, 0) is 4.79 Å². The van der Waals surface area contributed by atoms with Gasteiger partial charge >= 0.3 is 0 Å². The van der Waals surface area contributed by atoms with Crippen molar-refractivity contribution in [2.24, 2.45) is 5.10 Å². The second kappa shape index (κ2) is 7.47. The van der Waals surface area contributed by atoms with Gasteiger partial charge in [0, 0.05) is 24.5 Å². The van der Waals surface area contributed by atoms with Crippen molar-refractivity contribution in [2.75, 3.05) is 14.2 Å². The third kappa shape index (κ3) is 3.35. The summed E-state index contributed by atoms with van der Waals surface area (Å²) in [5, 5.41) is 16.2. The van der Waals surface area contributed by atoms with Crippen LogP contribution < -0.4 is 9.47 Å². The van der Waals surface area contributed by atoms with Crippen LogP contribution in [0.4, 0.5) is 0 Å². The molecule has 2 aromatic carbocycles. The van der Waals surface area contributed by atoms with Crippen LogP contribution in [0.15, 0.2) is 47.6 Å². The van der Waals surface area contributed by atoms with Crippen molar-refractivity contribution in [3.8, 4) is 17.2 Å². The quantitative estimate of drug-likeness (QED) is 0.892. The summed E-state index contributed by atoms with van der Waals surface area (Å²) in [5.41, 5.74) is 2.19. The first kappa shape index (κ1) is 17.8. The molecule has 0 radical (unpaired) electrons. The fraction of sp³-hybridized carbons (Fsp3) is 0.300. The summed E-state index contributed by atoms with van der Waals surface area (Å²) >= 11 is 0. The maximum Gasteiger partial charge on any atom is 0.242 e. The molecule has 1 amide bonds. The average Bonchev–Trinajstić information content (AvgIpc) is 3.12. The third-order valence-corrected chi connectivity index (χ3v) is 4.44. The molecule has 136 valence electrons. The lowest BCUT2D eigenvalue weighted by Crippen LogP contribution is -2.26. The van der Waals surface area contributed by atoms with Crippen molar-refractivity contribution in [1.29, 1.82) is 0 Å². The van der Waals surface area contributed by atoms with Gasteiger partial charge in [0.25, 0.3) is 0 Å². The van der Waals surface area contributed by atoms with Crippen LogP contribution in [0, 0.1) is 0 Å². The number of phenolic OH excluding ortho intramolecular Hbond substituents is 1. The summed E-state index contributed by atoms with van der Waals surface area (Å²) in [6, 6.07) is 12.3. The Labute approximate surface area is 152 Å². The second-order valence-electron chi connectivity index (χ2n) is 6.02. The predicted octanol–water partition coefficient (Wildman–Crippen LogP) is 3.50. The maximum absolute atomic E-state index is 12.5. The van der Waals surface area contributed by atoms with Crippen LogP contribution in [0.25, 0.3) is 0 Å². The van der Waals surface area contributed by atoms with E-state index in [4.69, 9.17) is 9.47 Å². The van der Waals surface area contributed by atoms with Crippen LogP contribution in [0.2, 0.25) is 0 Å². The van der Waals surface area contributed by atoms with Crippen molar-refractivity contribution in [2.45, 2.75) is 25.8 Å². The van der Waals surface area contributed by atoms with Crippen LogP contribution >= 0.6 is 0 Å². The van der Waals surface area contributed by atoms with E-state index < -0.39 is 0 Å². The fourth-order valence-electron chi connectivity index (χ4n) is 3.06. The summed E-state index contributed by atoms with van der Waals surface area (Å²) in [4.78, 5) is 12.5. The van der Waals surface area contributed by atoms with Gasteiger partial charge < -0.3 is 14.6 Å². The van der Waals surface area contributed by atoms with Gasteiger partial charge in [-0.05, 0) is 29.8 Å². The molecule has 26 heavy (non-hydrogen) atoms. The number of aromatic hydroxyl groups is 1. The van der Waals surface area contributed by atoms with Crippen molar-refractivity contribution in [1.82, 2.24) is 5.01 Å². The topological polar surface area (TPSA) is 71.4 Å². The third-order valence-electron chi connectivity index (χ3n) is 4.44. The minimum Gasteiger partial charge on any atom is -0.507 e. The Morgan fingerprint density at radius 3 is 2.42 bits per heavy atom. The lowest BCUT2D eigenvalue weighted by atomic mass is 9.97. The zero-order valence-electron chi connectivity index (χ0n) is 15.1. The number of ether oxygens (including phenoxy) is 2. The number of benzene rings is 2. The van der Waals surface area contributed by atoms with E-state index in [-0.39, 0.29) is 17.7 Å². The number of amides is 1. The largest absolute Gasteiger partial charge is 0.507 e. The summed E-state index contributed by atoms with van der Waals surface area (Å²) in [5.74, 6) is 1.37. The Balaban J connectivity index is 2.02. The first-order valence-electron chi connectivity index (χ1n) is 8.48. The molecular weight excluding hydrogens is 332 g/mol. The number of methoxy groups -OCH3 is 2. The Morgan fingerprint density at radius 2 is 1.85 bits per heavy atom. The zero-order valence-corrected chi connectivity index (χ0v) is 15.1. The summed E-state index contributed by atoms with van der Waals surface area (Å²) in [7, 11) is 3.18. The van der Waals surface area contributed by atoms with E-state index in [1.807, 2.05) is 18.2 Å². The number of hydrogen-bond acceptors (Lipinski definition) is 5. The lowest BCUT2D eigenvalue weighted by Gasteiger charge is -2.22. The van der Waals surface area contributed by atoms with Gasteiger partial charge in [0.2, 0.25) is 5.91 Å². The van der Waals surface area contributed by atoms with Gasteiger partial charge in [-0.1, -0.05) is 19.1 Å². The molecule has 0 bridgehead atoms. The first-order valence-corrected chi connectivity index (χ1v) is 8.48. The van der Waals surface area contributed by atoms with Gasteiger partial charge in [0.05, 0.1) is 26.0 Å². The predicted molar refractivity (Wildman–Crippen MR) is 98.7 cm³/mol. The number of hydrogen-bond donors (Lipinski definition) is 1. The van der Waals surface area contributed by atoms with E-state index in [2.05, 4.69) is 5.10 Å². The van der Waals surface area contributed by atoms with Gasteiger partial charge in [-0.2, -0.15) is 5.10 Å². The highest BCUT2D eigenvalue weighted by Crippen LogP contribution is 2.37. The smallest absolute Gasteiger partial charge is 0.242 e. The Kier molecular flexibility index (Phi) is 5.11. The van der Waals surface area contributed by atoms with Crippen molar-refractivity contribution >= 4 is 11.6 Å². The molecule has 0 spiro atoms. The molecule has 0 saturated heterocycles. The Hall–Kier alpha value is -3.02. The summed E-state index contributed by atoms with van der Waals surface area (Å²) in [6.45, 7) is 1.80. The highest BCUT2D eigenvalue weighted by atomic mass is 16.5. The molecule has 0 unspecified atom stereocenters. The first-order chi connectivity index (χ1) is 12.6. The van der Waals surface area contributed by atoms with E-state index >= 15 is 0 Å². The minimum absolute atomic E-state index is 0.0813. The molecule has 1 N–H and O–H groups in total.